The predicted octanol–water partition coefficient (Wildman–Crippen LogP) is 6.68. The van der Waals surface area contributed by atoms with Crippen molar-refractivity contribution in [3.8, 4) is 11.1 Å². The van der Waals surface area contributed by atoms with Gasteiger partial charge in [-0.1, -0.05) is 57.2 Å². The van der Waals surface area contributed by atoms with E-state index >= 15 is 0 Å². The number of hydrogen-bond donors (Lipinski definition) is 1. The number of carbonyl (C=O) groups excluding carboxylic acids is 2. The Morgan fingerprint density at radius 2 is 1.72 bits per heavy atom. The van der Waals surface area contributed by atoms with Crippen LogP contribution >= 0.6 is 11.3 Å². The van der Waals surface area contributed by atoms with Crippen LogP contribution in [0.5, 0.6) is 0 Å². The topological polar surface area (TPSA) is 55.4 Å². The summed E-state index contributed by atoms with van der Waals surface area (Å²) in [5.41, 5.74) is 3.69. The van der Waals surface area contributed by atoms with E-state index in [1.807, 2.05) is 24.3 Å². The fourth-order valence-corrected chi connectivity index (χ4v) is 4.08. The molecule has 1 amide bonds. The minimum Gasteiger partial charge on any atom is -0.462 e. The van der Waals surface area contributed by atoms with Gasteiger partial charge >= 0.3 is 5.97 Å². The molecule has 2 aromatic carbocycles. The molecule has 3 aromatic rings. The Morgan fingerprint density at radius 1 is 1.06 bits per heavy atom. The molecule has 0 spiro atoms. The maximum atomic E-state index is 13.3. The van der Waals surface area contributed by atoms with Gasteiger partial charge in [0.25, 0.3) is 0 Å². The number of benzene rings is 2. The normalized spacial score (nSPS) is 11.5. The molecule has 0 aliphatic carbocycles. The lowest BCUT2D eigenvalue weighted by Gasteiger charge is -2.18. The first-order valence-corrected chi connectivity index (χ1v) is 11.2. The first-order valence-electron chi connectivity index (χ1n) is 10.3. The van der Waals surface area contributed by atoms with Crippen molar-refractivity contribution in [2.75, 3.05) is 11.9 Å². The van der Waals surface area contributed by atoms with Crippen molar-refractivity contribution in [2.45, 2.75) is 33.1 Å². The molecule has 0 aliphatic rings. The summed E-state index contributed by atoms with van der Waals surface area (Å²) in [7, 11) is 0. The average molecular weight is 452 g/mol. The van der Waals surface area contributed by atoms with Gasteiger partial charge in [0, 0.05) is 17.0 Å². The van der Waals surface area contributed by atoms with Gasteiger partial charge in [-0.3, -0.25) is 4.79 Å². The Kier molecular flexibility index (Phi) is 7.26. The molecule has 0 radical (unpaired) electrons. The van der Waals surface area contributed by atoms with Crippen molar-refractivity contribution in [3.63, 3.8) is 0 Å². The van der Waals surface area contributed by atoms with E-state index in [9.17, 15) is 14.0 Å². The Hall–Kier alpha value is -3.25. The molecule has 4 nitrogen and oxygen atoms in total. The molecule has 32 heavy (non-hydrogen) atoms. The minimum absolute atomic E-state index is 0.0600. The van der Waals surface area contributed by atoms with E-state index in [0.717, 1.165) is 5.56 Å². The Morgan fingerprint density at radius 3 is 2.31 bits per heavy atom. The molecule has 0 atom stereocenters. The highest BCUT2D eigenvalue weighted by Crippen LogP contribution is 2.36. The molecular weight excluding hydrogens is 425 g/mol. The summed E-state index contributed by atoms with van der Waals surface area (Å²) in [6.07, 6.45) is 3.15. The Labute approximate surface area is 191 Å². The fraction of sp³-hybridized carbons (Fsp3) is 0.231. The van der Waals surface area contributed by atoms with E-state index in [1.54, 1.807) is 30.5 Å². The first kappa shape index (κ1) is 23.4. The van der Waals surface area contributed by atoms with Gasteiger partial charge in [-0.15, -0.1) is 11.3 Å². The van der Waals surface area contributed by atoms with Gasteiger partial charge in [-0.25, -0.2) is 9.18 Å². The van der Waals surface area contributed by atoms with Crippen LogP contribution < -0.4 is 5.32 Å². The zero-order valence-electron chi connectivity index (χ0n) is 18.6. The van der Waals surface area contributed by atoms with Crippen LogP contribution in [-0.2, 0) is 14.9 Å². The fourth-order valence-electron chi connectivity index (χ4n) is 3.12. The van der Waals surface area contributed by atoms with Crippen molar-refractivity contribution in [2.24, 2.45) is 0 Å². The maximum Gasteiger partial charge on any atom is 0.341 e. The van der Waals surface area contributed by atoms with Gasteiger partial charge in [0.15, 0.2) is 0 Å². The van der Waals surface area contributed by atoms with E-state index in [4.69, 9.17) is 4.74 Å². The van der Waals surface area contributed by atoms with E-state index < -0.39 is 5.97 Å². The monoisotopic (exact) mass is 451 g/mol. The second-order valence-electron chi connectivity index (χ2n) is 8.28. The molecular formula is C26H26FNO3S. The van der Waals surface area contributed by atoms with Gasteiger partial charge in [0.1, 0.15) is 16.4 Å². The molecule has 166 valence electrons. The smallest absolute Gasteiger partial charge is 0.341 e. The van der Waals surface area contributed by atoms with Crippen LogP contribution in [0.3, 0.4) is 0 Å². The zero-order valence-corrected chi connectivity index (χ0v) is 19.4. The SMILES string of the molecule is CCOC(=O)c1c(-c2ccc(F)cc2)csc1NC(=O)C=Cc1ccc(C(C)(C)C)cc1. The molecule has 0 bridgehead atoms. The Bertz CT molecular complexity index is 1120. The van der Waals surface area contributed by atoms with Gasteiger partial charge < -0.3 is 10.1 Å². The lowest BCUT2D eigenvalue weighted by Crippen LogP contribution is -2.12. The molecule has 1 aromatic heterocycles. The summed E-state index contributed by atoms with van der Waals surface area (Å²) >= 11 is 1.22. The lowest BCUT2D eigenvalue weighted by molar-refractivity contribution is -0.111. The number of thiophene rings is 1. The number of nitrogens with one attached hydrogen (secondary N) is 1. The summed E-state index contributed by atoms with van der Waals surface area (Å²) in [4.78, 5) is 25.1. The molecule has 0 fully saturated rings. The van der Waals surface area contributed by atoms with Crippen LogP contribution in [0.15, 0.2) is 60.0 Å². The second kappa shape index (κ2) is 9.92. The lowest BCUT2D eigenvalue weighted by atomic mass is 9.87. The number of amides is 1. The van der Waals surface area contributed by atoms with E-state index in [1.165, 1.54) is 35.1 Å². The third kappa shape index (κ3) is 5.71. The van der Waals surface area contributed by atoms with Crippen LogP contribution in [-0.4, -0.2) is 18.5 Å². The van der Waals surface area contributed by atoms with E-state index in [2.05, 4.69) is 26.1 Å². The molecule has 3 rings (SSSR count). The van der Waals surface area contributed by atoms with Gasteiger partial charge in [-0.2, -0.15) is 0 Å². The molecule has 6 heteroatoms. The zero-order chi connectivity index (χ0) is 23.3. The highest BCUT2D eigenvalue weighted by Gasteiger charge is 2.22. The molecule has 1 N–H and O–H groups in total. The first-order chi connectivity index (χ1) is 15.2. The largest absolute Gasteiger partial charge is 0.462 e. The Balaban J connectivity index is 1.81. The van der Waals surface area contributed by atoms with Crippen LogP contribution in [0, 0.1) is 5.82 Å². The summed E-state index contributed by atoms with van der Waals surface area (Å²) in [6, 6.07) is 13.9. The third-order valence-corrected chi connectivity index (χ3v) is 5.76. The van der Waals surface area contributed by atoms with E-state index in [-0.39, 0.29) is 29.3 Å². The van der Waals surface area contributed by atoms with Gasteiger partial charge in [0.2, 0.25) is 5.91 Å². The van der Waals surface area contributed by atoms with E-state index in [0.29, 0.717) is 16.1 Å². The van der Waals surface area contributed by atoms with Crippen LogP contribution in [0.25, 0.3) is 17.2 Å². The highest BCUT2D eigenvalue weighted by atomic mass is 32.1. The predicted molar refractivity (Wildman–Crippen MR) is 128 cm³/mol. The molecule has 0 saturated heterocycles. The number of hydrogen-bond acceptors (Lipinski definition) is 4. The van der Waals surface area contributed by atoms with Crippen LogP contribution in [0.2, 0.25) is 0 Å². The van der Waals surface area contributed by atoms with Crippen molar-refractivity contribution in [1.29, 1.82) is 0 Å². The van der Waals surface area contributed by atoms with Crippen molar-refractivity contribution < 1.29 is 18.7 Å². The van der Waals surface area contributed by atoms with Crippen LogP contribution in [0.4, 0.5) is 9.39 Å². The van der Waals surface area contributed by atoms with Crippen molar-refractivity contribution >= 4 is 34.3 Å². The third-order valence-electron chi connectivity index (χ3n) is 4.87. The standard InChI is InChI=1S/C26H26FNO3S/c1-5-31-25(30)23-21(18-9-13-20(27)14-10-18)16-32-24(23)28-22(29)15-8-17-6-11-19(12-7-17)26(2,3)4/h6-16H,5H2,1-4H3,(H,28,29). The number of halogens is 1. The van der Waals surface area contributed by atoms with Crippen molar-refractivity contribution in [1.82, 2.24) is 0 Å². The summed E-state index contributed by atoms with van der Waals surface area (Å²) < 4.78 is 18.5. The van der Waals surface area contributed by atoms with Crippen molar-refractivity contribution in [3.05, 3.63) is 82.5 Å². The number of ether oxygens (including phenoxy) is 1. The van der Waals surface area contributed by atoms with Gasteiger partial charge in [-0.05, 0) is 47.2 Å². The van der Waals surface area contributed by atoms with Gasteiger partial charge in [0.05, 0.1) is 6.61 Å². The molecule has 0 unspecified atom stereocenters. The summed E-state index contributed by atoms with van der Waals surface area (Å²) in [6.45, 7) is 8.36. The average Bonchev–Trinajstić information content (AvgIpc) is 3.16. The maximum absolute atomic E-state index is 13.3. The molecule has 0 saturated carbocycles. The second-order valence-corrected chi connectivity index (χ2v) is 9.16. The van der Waals surface area contributed by atoms with Crippen LogP contribution in [0.1, 0.15) is 49.2 Å². The number of anilines is 1. The summed E-state index contributed by atoms with van der Waals surface area (Å²) in [5, 5.41) is 4.92. The molecule has 1 heterocycles. The highest BCUT2D eigenvalue weighted by molar-refractivity contribution is 7.15. The number of esters is 1. The number of carbonyl (C=O) groups is 2. The minimum atomic E-state index is -0.537. The number of rotatable bonds is 6. The molecule has 0 aliphatic heterocycles. The summed E-state index contributed by atoms with van der Waals surface area (Å²) in [5.74, 6) is -1.26. The quantitative estimate of drug-likeness (QED) is 0.336.